The van der Waals surface area contributed by atoms with E-state index in [9.17, 15) is 14.4 Å². The average molecular weight is 300 g/mol. The Morgan fingerprint density at radius 3 is 2.95 bits per heavy atom. The number of carbonyl (C=O) groups is 2. The third kappa shape index (κ3) is 3.00. The van der Waals surface area contributed by atoms with Crippen molar-refractivity contribution in [2.24, 2.45) is 0 Å². The molecule has 8 heteroatoms. The van der Waals surface area contributed by atoms with Crippen molar-refractivity contribution in [1.29, 1.82) is 0 Å². The zero-order chi connectivity index (χ0) is 15.5. The van der Waals surface area contributed by atoms with Crippen LogP contribution in [0.3, 0.4) is 0 Å². The summed E-state index contributed by atoms with van der Waals surface area (Å²) >= 11 is 0. The monoisotopic (exact) mass is 300 g/mol. The number of hydrogen-bond acceptors (Lipinski definition) is 6. The lowest BCUT2D eigenvalue weighted by atomic mass is 10.1. The number of hydrogen-bond donors (Lipinski definition) is 2. The lowest BCUT2D eigenvalue weighted by molar-refractivity contribution is -0.116. The summed E-state index contributed by atoms with van der Waals surface area (Å²) in [6.45, 7) is -0.136. The van der Waals surface area contributed by atoms with E-state index in [0.717, 1.165) is 5.56 Å². The van der Waals surface area contributed by atoms with Gasteiger partial charge in [-0.1, -0.05) is 0 Å². The van der Waals surface area contributed by atoms with Gasteiger partial charge >= 0.3 is 5.97 Å². The minimum Gasteiger partial charge on any atom is -0.454 e. The van der Waals surface area contributed by atoms with Gasteiger partial charge in [-0.2, -0.15) is 0 Å². The van der Waals surface area contributed by atoms with E-state index in [1.165, 1.54) is 18.5 Å². The molecule has 3 rings (SSSR count). The van der Waals surface area contributed by atoms with Gasteiger partial charge in [0.2, 0.25) is 5.91 Å². The predicted octanol–water partition coefficient (Wildman–Crippen LogP) is 0.407. The minimum absolute atomic E-state index is 0.0885. The molecule has 22 heavy (non-hydrogen) atoms. The number of nitrogens with zero attached hydrogens (tertiary/aromatic N) is 2. The maximum Gasteiger partial charge on any atom is 0.340 e. The first-order chi connectivity index (χ1) is 10.6. The van der Waals surface area contributed by atoms with Crippen LogP contribution < -0.4 is 10.9 Å². The van der Waals surface area contributed by atoms with Crippen molar-refractivity contribution in [2.45, 2.75) is 19.4 Å². The first-order valence-electron chi connectivity index (χ1n) is 6.62. The van der Waals surface area contributed by atoms with E-state index < -0.39 is 5.97 Å². The highest BCUT2D eigenvalue weighted by molar-refractivity contribution is 5.94. The summed E-state index contributed by atoms with van der Waals surface area (Å²) in [5, 5.41) is 2.64. The standard InChI is InChI=1S/C14H12N4O4/c19-11-2-1-8-5-9(6-16-13(8)18-11)14(21)22-7-10-15-4-3-12(20)17-10/h3-6H,1-2,7H2,(H,15,17,20)(H,16,18,19). The van der Waals surface area contributed by atoms with E-state index in [1.54, 1.807) is 6.07 Å². The van der Waals surface area contributed by atoms with Crippen molar-refractivity contribution in [3.8, 4) is 0 Å². The van der Waals surface area contributed by atoms with Gasteiger partial charge in [-0.3, -0.25) is 9.59 Å². The van der Waals surface area contributed by atoms with Crippen LogP contribution >= 0.6 is 0 Å². The second-order valence-electron chi connectivity index (χ2n) is 4.74. The molecular weight excluding hydrogens is 288 g/mol. The number of fused-ring (bicyclic) bond motifs is 1. The molecule has 8 nitrogen and oxygen atoms in total. The van der Waals surface area contributed by atoms with Gasteiger partial charge in [-0.15, -0.1) is 0 Å². The molecule has 0 saturated heterocycles. The molecule has 0 bridgehead atoms. The highest BCUT2D eigenvalue weighted by Gasteiger charge is 2.18. The van der Waals surface area contributed by atoms with Crippen LogP contribution in [-0.2, 0) is 22.6 Å². The van der Waals surface area contributed by atoms with Gasteiger partial charge in [0.05, 0.1) is 5.56 Å². The summed E-state index contributed by atoms with van der Waals surface area (Å²) in [4.78, 5) is 44.8. The van der Waals surface area contributed by atoms with Crippen LogP contribution in [0, 0.1) is 0 Å². The first-order valence-corrected chi connectivity index (χ1v) is 6.62. The van der Waals surface area contributed by atoms with Gasteiger partial charge in [-0.25, -0.2) is 14.8 Å². The SMILES string of the molecule is O=C1CCc2cc(C(=O)OCc3nccc(=O)[nH]3)cnc2N1. The first kappa shape index (κ1) is 13.9. The van der Waals surface area contributed by atoms with E-state index >= 15 is 0 Å². The quantitative estimate of drug-likeness (QED) is 0.793. The molecular formula is C14H12N4O4. The van der Waals surface area contributed by atoms with E-state index in [2.05, 4.69) is 20.3 Å². The van der Waals surface area contributed by atoms with Gasteiger partial charge in [0.25, 0.3) is 5.56 Å². The Bertz CT molecular complexity index is 799. The third-order valence-corrected chi connectivity index (χ3v) is 3.15. The normalized spacial score (nSPS) is 13.2. The molecule has 2 aromatic rings. The van der Waals surface area contributed by atoms with Gasteiger partial charge < -0.3 is 15.0 Å². The van der Waals surface area contributed by atoms with Crippen molar-refractivity contribution >= 4 is 17.7 Å². The molecule has 0 aliphatic carbocycles. The molecule has 112 valence electrons. The Kier molecular flexibility index (Phi) is 3.65. The summed E-state index contributed by atoms with van der Waals surface area (Å²) in [7, 11) is 0. The number of pyridine rings is 1. The molecule has 1 aliphatic rings. The Morgan fingerprint density at radius 1 is 1.27 bits per heavy atom. The van der Waals surface area contributed by atoms with Crippen LogP contribution in [0.4, 0.5) is 5.82 Å². The molecule has 0 radical (unpaired) electrons. The molecule has 1 amide bonds. The fourth-order valence-corrected chi connectivity index (χ4v) is 2.07. The summed E-state index contributed by atoms with van der Waals surface area (Å²) in [6.07, 6.45) is 3.57. The predicted molar refractivity (Wildman–Crippen MR) is 75.2 cm³/mol. The summed E-state index contributed by atoms with van der Waals surface area (Å²) < 4.78 is 5.08. The largest absolute Gasteiger partial charge is 0.454 e. The number of H-pyrrole nitrogens is 1. The van der Waals surface area contributed by atoms with Crippen LogP contribution in [0.15, 0.2) is 29.3 Å². The molecule has 1 aliphatic heterocycles. The van der Waals surface area contributed by atoms with Gasteiger partial charge in [0.15, 0.2) is 0 Å². The highest BCUT2D eigenvalue weighted by atomic mass is 16.5. The zero-order valence-corrected chi connectivity index (χ0v) is 11.5. The zero-order valence-electron chi connectivity index (χ0n) is 11.5. The number of anilines is 1. The number of aromatic amines is 1. The molecule has 0 unspecified atom stereocenters. The topological polar surface area (TPSA) is 114 Å². The lowest BCUT2D eigenvalue weighted by Crippen LogP contribution is -2.21. The average Bonchev–Trinajstić information content (AvgIpc) is 2.52. The Balaban J connectivity index is 1.70. The number of aryl methyl sites for hydroxylation is 1. The van der Waals surface area contributed by atoms with E-state index in [-0.39, 0.29) is 29.5 Å². The number of ether oxygens (including phenoxy) is 1. The summed E-state index contributed by atoms with van der Waals surface area (Å²) in [5.41, 5.74) is 0.765. The molecule has 0 spiro atoms. The maximum absolute atomic E-state index is 12.0. The van der Waals surface area contributed by atoms with E-state index in [4.69, 9.17) is 4.74 Å². The summed E-state index contributed by atoms with van der Waals surface area (Å²) in [6, 6.07) is 2.91. The highest BCUT2D eigenvalue weighted by Crippen LogP contribution is 2.21. The number of esters is 1. The van der Waals surface area contributed by atoms with Crippen molar-refractivity contribution in [3.63, 3.8) is 0 Å². The number of carbonyl (C=O) groups excluding carboxylic acids is 2. The number of rotatable bonds is 3. The second-order valence-corrected chi connectivity index (χ2v) is 4.74. The van der Waals surface area contributed by atoms with Crippen LogP contribution in [0.1, 0.15) is 28.2 Å². The Morgan fingerprint density at radius 2 is 2.14 bits per heavy atom. The van der Waals surface area contributed by atoms with E-state index in [1.807, 2.05) is 0 Å². The van der Waals surface area contributed by atoms with Gasteiger partial charge in [-0.05, 0) is 18.1 Å². The molecule has 2 N–H and O–H groups in total. The molecule has 0 aromatic carbocycles. The van der Waals surface area contributed by atoms with Crippen molar-refractivity contribution in [2.75, 3.05) is 5.32 Å². The number of amides is 1. The second kappa shape index (κ2) is 5.76. The maximum atomic E-state index is 12.0. The van der Waals surface area contributed by atoms with Crippen molar-refractivity contribution < 1.29 is 14.3 Å². The van der Waals surface area contributed by atoms with Crippen LogP contribution in [0.5, 0.6) is 0 Å². The van der Waals surface area contributed by atoms with Gasteiger partial charge in [0, 0.05) is 24.9 Å². The molecule has 0 saturated carbocycles. The molecule has 0 atom stereocenters. The molecule has 3 heterocycles. The molecule has 0 fully saturated rings. The van der Waals surface area contributed by atoms with Gasteiger partial charge in [0.1, 0.15) is 18.2 Å². The fraction of sp³-hybridized carbons (Fsp3) is 0.214. The van der Waals surface area contributed by atoms with E-state index in [0.29, 0.717) is 18.7 Å². The van der Waals surface area contributed by atoms with Crippen LogP contribution in [0.2, 0.25) is 0 Å². The third-order valence-electron chi connectivity index (χ3n) is 3.15. The smallest absolute Gasteiger partial charge is 0.340 e. The Hall–Kier alpha value is -3.03. The van der Waals surface area contributed by atoms with Crippen molar-refractivity contribution in [1.82, 2.24) is 15.0 Å². The minimum atomic E-state index is -0.571. The lowest BCUT2D eigenvalue weighted by Gasteiger charge is -2.15. The Labute approximate surface area is 124 Å². The fourth-order valence-electron chi connectivity index (χ4n) is 2.07. The van der Waals surface area contributed by atoms with Crippen LogP contribution in [0.25, 0.3) is 0 Å². The summed E-state index contributed by atoms with van der Waals surface area (Å²) in [5.74, 6) is 0.0778. The van der Waals surface area contributed by atoms with Crippen molar-refractivity contribution in [3.05, 3.63) is 51.8 Å². The van der Waals surface area contributed by atoms with Crippen LogP contribution in [-0.4, -0.2) is 26.8 Å². The molecule has 2 aromatic heterocycles. The number of aromatic nitrogens is 3. The number of nitrogens with one attached hydrogen (secondary N) is 2.